The van der Waals surface area contributed by atoms with Gasteiger partial charge in [-0.05, 0) is 31.8 Å². The molecule has 0 bridgehead atoms. The third kappa shape index (κ3) is 1.29. The molecule has 0 saturated heterocycles. The summed E-state index contributed by atoms with van der Waals surface area (Å²) < 4.78 is 0. The van der Waals surface area contributed by atoms with Crippen molar-refractivity contribution in [1.29, 1.82) is 0 Å². The van der Waals surface area contributed by atoms with Gasteiger partial charge in [0, 0.05) is 0 Å². The molecule has 0 spiro atoms. The van der Waals surface area contributed by atoms with Gasteiger partial charge in [0.25, 0.3) is 0 Å². The molecule has 0 aromatic carbocycles. The minimum absolute atomic E-state index is 0.171. The molecule has 0 fully saturated rings. The summed E-state index contributed by atoms with van der Waals surface area (Å²) in [4.78, 5) is 0. The maximum atomic E-state index is 9.30. The van der Waals surface area contributed by atoms with Crippen molar-refractivity contribution in [2.24, 2.45) is 0 Å². The largest absolute Gasteiger partial charge is 0.389 e. The number of hydrogen-bond acceptors (Lipinski definition) is 1. The molecule has 0 radical (unpaired) electrons. The Kier molecular flexibility index (Phi) is 2.28. The fraction of sp³-hybridized carbons (Fsp3) is 0.556. The lowest BCUT2D eigenvalue weighted by atomic mass is 10.1. The fourth-order valence-electron chi connectivity index (χ4n) is 1.40. The molecular formula is C9H14O. The highest BCUT2D eigenvalue weighted by atomic mass is 16.3. The Bertz CT molecular complexity index is 168. The summed E-state index contributed by atoms with van der Waals surface area (Å²) in [6.07, 6.45) is 4.64. The summed E-state index contributed by atoms with van der Waals surface area (Å²) in [6, 6.07) is 0. The van der Waals surface area contributed by atoms with Crippen molar-refractivity contribution in [2.45, 2.75) is 32.3 Å². The van der Waals surface area contributed by atoms with Gasteiger partial charge in [-0.1, -0.05) is 11.6 Å². The van der Waals surface area contributed by atoms with Crippen LogP contribution in [-0.4, -0.2) is 11.2 Å². The molecule has 1 heteroatoms. The van der Waals surface area contributed by atoms with Gasteiger partial charge in [-0.15, -0.1) is 6.58 Å². The Labute approximate surface area is 62.1 Å². The van der Waals surface area contributed by atoms with Gasteiger partial charge in [-0.25, -0.2) is 0 Å². The van der Waals surface area contributed by atoms with Crippen LogP contribution in [0.3, 0.4) is 0 Å². The second-order valence-corrected chi connectivity index (χ2v) is 2.83. The third-order valence-electron chi connectivity index (χ3n) is 2.17. The van der Waals surface area contributed by atoms with Crippen LogP contribution in [0.15, 0.2) is 23.8 Å². The molecule has 0 aromatic rings. The Hall–Kier alpha value is -0.560. The summed E-state index contributed by atoms with van der Waals surface area (Å²) in [6.45, 7) is 5.68. The standard InChI is InChI=1S/C9H14O/c1-3-4-8-5-6-9(10)7(8)2/h3,9-10H,1,4-6H2,2H3/t9-/m1/s1. The summed E-state index contributed by atoms with van der Waals surface area (Å²) in [7, 11) is 0. The van der Waals surface area contributed by atoms with Gasteiger partial charge >= 0.3 is 0 Å². The van der Waals surface area contributed by atoms with Crippen molar-refractivity contribution in [2.75, 3.05) is 0 Å². The molecule has 0 heterocycles. The van der Waals surface area contributed by atoms with Crippen LogP contribution in [0.2, 0.25) is 0 Å². The highest BCUT2D eigenvalue weighted by Gasteiger charge is 2.17. The summed E-state index contributed by atoms with van der Waals surface area (Å²) in [5, 5.41) is 9.30. The average Bonchev–Trinajstić information content (AvgIpc) is 2.20. The van der Waals surface area contributed by atoms with Crippen LogP contribution in [0.25, 0.3) is 0 Å². The maximum Gasteiger partial charge on any atom is 0.0753 e. The van der Waals surface area contributed by atoms with Gasteiger partial charge in [0.05, 0.1) is 6.10 Å². The molecule has 1 aliphatic rings. The van der Waals surface area contributed by atoms with Crippen LogP contribution in [0.1, 0.15) is 26.2 Å². The summed E-state index contributed by atoms with van der Waals surface area (Å²) in [5.74, 6) is 0. The van der Waals surface area contributed by atoms with Gasteiger partial charge < -0.3 is 5.11 Å². The normalized spacial score (nSPS) is 25.6. The lowest BCUT2D eigenvalue weighted by molar-refractivity contribution is 0.212. The van der Waals surface area contributed by atoms with Crippen molar-refractivity contribution in [3.63, 3.8) is 0 Å². The Balaban J connectivity index is 2.64. The van der Waals surface area contributed by atoms with E-state index in [0.717, 1.165) is 19.3 Å². The van der Waals surface area contributed by atoms with Crippen LogP contribution in [-0.2, 0) is 0 Å². The van der Waals surface area contributed by atoms with E-state index < -0.39 is 0 Å². The smallest absolute Gasteiger partial charge is 0.0753 e. The van der Waals surface area contributed by atoms with Gasteiger partial charge in [0.1, 0.15) is 0 Å². The Morgan fingerprint density at radius 3 is 2.90 bits per heavy atom. The van der Waals surface area contributed by atoms with Crippen LogP contribution in [0.4, 0.5) is 0 Å². The Morgan fingerprint density at radius 1 is 1.80 bits per heavy atom. The number of rotatable bonds is 2. The van der Waals surface area contributed by atoms with Crippen LogP contribution >= 0.6 is 0 Å². The minimum Gasteiger partial charge on any atom is -0.389 e. The van der Waals surface area contributed by atoms with Crippen molar-refractivity contribution in [3.05, 3.63) is 23.8 Å². The quantitative estimate of drug-likeness (QED) is 0.579. The fourth-order valence-corrected chi connectivity index (χ4v) is 1.40. The number of aliphatic hydroxyl groups excluding tert-OH is 1. The molecule has 56 valence electrons. The highest BCUT2D eigenvalue weighted by Crippen LogP contribution is 2.28. The lowest BCUT2D eigenvalue weighted by Crippen LogP contribution is -2.00. The van der Waals surface area contributed by atoms with Crippen LogP contribution in [0.5, 0.6) is 0 Å². The van der Waals surface area contributed by atoms with Crippen molar-refractivity contribution in [1.82, 2.24) is 0 Å². The van der Waals surface area contributed by atoms with E-state index in [0.29, 0.717) is 0 Å². The zero-order valence-corrected chi connectivity index (χ0v) is 6.43. The summed E-state index contributed by atoms with van der Waals surface area (Å²) >= 11 is 0. The molecule has 10 heavy (non-hydrogen) atoms. The van der Waals surface area contributed by atoms with E-state index in [1.165, 1.54) is 11.1 Å². The molecule has 1 rings (SSSR count). The van der Waals surface area contributed by atoms with E-state index in [1.54, 1.807) is 0 Å². The third-order valence-corrected chi connectivity index (χ3v) is 2.17. The summed E-state index contributed by atoms with van der Waals surface area (Å²) in [5.41, 5.74) is 2.54. The molecule has 1 N–H and O–H groups in total. The van der Waals surface area contributed by atoms with Gasteiger partial charge in [0.2, 0.25) is 0 Å². The molecule has 0 aromatic heterocycles. The van der Waals surface area contributed by atoms with E-state index in [-0.39, 0.29) is 6.10 Å². The second-order valence-electron chi connectivity index (χ2n) is 2.83. The molecule has 0 saturated carbocycles. The predicted molar refractivity (Wildman–Crippen MR) is 42.8 cm³/mol. The molecule has 0 unspecified atom stereocenters. The minimum atomic E-state index is -0.171. The number of aliphatic hydroxyl groups is 1. The monoisotopic (exact) mass is 138 g/mol. The molecule has 1 aliphatic carbocycles. The van der Waals surface area contributed by atoms with Crippen molar-refractivity contribution in [3.8, 4) is 0 Å². The maximum absolute atomic E-state index is 9.30. The van der Waals surface area contributed by atoms with Crippen LogP contribution in [0, 0.1) is 0 Å². The first-order chi connectivity index (χ1) is 4.75. The first-order valence-electron chi connectivity index (χ1n) is 3.73. The molecular weight excluding hydrogens is 124 g/mol. The van der Waals surface area contributed by atoms with E-state index >= 15 is 0 Å². The number of hydrogen-bond donors (Lipinski definition) is 1. The first-order valence-corrected chi connectivity index (χ1v) is 3.73. The van der Waals surface area contributed by atoms with Gasteiger partial charge in [0.15, 0.2) is 0 Å². The molecule has 1 nitrogen and oxygen atoms in total. The Morgan fingerprint density at radius 2 is 2.50 bits per heavy atom. The molecule has 1 atom stereocenters. The van der Waals surface area contributed by atoms with E-state index in [1.807, 2.05) is 13.0 Å². The van der Waals surface area contributed by atoms with E-state index in [4.69, 9.17) is 0 Å². The van der Waals surface area contributed by atoms with Crippen molar-refractivity contribution < 1.29 is 5.11 Å². The van der Waals surface area contributed by atoms with Crippen LogP contribution < -0.4 is 0 Å². The van der Waals surface area contributed by atoms with E-state index in [2.05, 4.69) is 6.58 Å². The molecule has 0 amide bonds. The SMILES string of the molecule is C=CCC1=C(C)[C@H](O)CC1. The first kappa shape index (κ1) is 7.55. The second kappa shape index (κ2) is 3.02. The van der Waals surface area contributed by atoms with Crippen molar-refractivity contribution >= 4 is 0 Å². The lowest BCUT2D eigenvalue weighted by Gasteiger charge is -2.01. The highest BCUT2D eigenvalue weighted by molar-refractivity contribution is 5.23. The van der Waals surface area contributed by atoms with E-state index in [9.17, 15) is 5.11 Å². The predicted octanol–water partition coefficient (Wildman–Crippen LogP) is 2.03. The van der Waals surface area contributed by atoms with Gasteiger partial charge in [-0.3, -0.25) is 0 Å². The molecule has 0 aliphatic heterocycles. The van der Waals surface area contributed by atoms with Gasteiger partial charge in [-0.2, -0.15) is 0 Å². The number of allylic oxidation sites excluding steroid dienone is 2. The average molecular weight is 138 g/mol. The zero-order chi connectivity index (χ0) is 7.56. The topological polar surface area (TPSA) is 20.2 Å². The zero-order valence-electron chi connectivity index (χ0n) is 6.43.